The lowest BCUT2D eigenvalue weighted by atomic mass is 10.2. The van der Waals surface area contributed by atoms with Crippen molar-refractivity contribution < 1.29 is 9.59 Å². The van der Waals surface area contributed by atoms with Crippen LogP contribution in [0.25, 0.3) is 0 Å². The minimum Gasteiger partial charge on any atom is -0.368 e. The highest BCUT2D eigenvalue weighted by Crippen LogP contribution is 2.17. The number of rotatable bonds is 8. The quantitative estimate of drug-likeness (QED) is 0.668. The molecule has 0 spiro atoms. The van der Waals surface area contributed by atoms with Crippen molar-refractivity contribution >= 4 is 11.8 Å². The Bertz CT molecular complexity index is 275. The van der Waals surface area contributed by atoms with Crippen LogP contribution in [-0.4, -0.2) is 42.4 Å². The molecule has 0 atom stereocenters. The number of hydrogen-bond donors (Lipinski definition) is 2. The van der Waals surface area contributed by atoms with Crippen molar-refractivity contribution in [2.75, 3.05) is 19.6 Å². The highest BCUT2D eigenvalue weighted by molar-refractivity contribution is 5.84. The van der Waals surface area contributed by atoms with E-state index in [0.717, 1.165) is 25.7 Å². The van der Waals surface area contributed by atoms with E-state index in [-0.39, 0.29) is 12.5 Å². The van der Waals surface area contributed by atoms with E-state index < -0.39 is 5.91 Å². The highest BCUT2D eigenvalue weighted by Gasteiger charge is 2.19. The molecule has 0 unspecified atom stereocenters. The number of primary amides is 1. The average Bonchev–Trinajstić information content (AvgIpc) is 2.84. The minimum absolute atomic E-state index is 0.0193. The molecule has 0 aliphatic heterocycles. The van der Waals surface area contributed by atoms with Gasteiger partial charge in [0.05, 0.1) is 13.1 Å². The summed E-state index contributed by atoms with van der Waals surface area (Å²) in [4.78, 5) is 24.5. The Morgan fingerprint density at radius 1 is 1.33 bits per heavy atom. The molecule has 1 saturated carbocycles. The van der Waals surface area contributed by atoms with Crippen molar-refractivity contribution in [2.45, 2.75) is 51.5 Å². The molecule has 0 heterocycles. The lowest BCUT2D eigenvalue weighted by molar-refractivity contribution is -0.134. The van der Waals surface area contributed by atoms with Crippen LogP contribution in [-0.2, 0) is 9.59 Å². The summed E-state index contributed by atoms with van der Waals surface area (Å²) in [5.74, 6) is -0.463. The molecule has 1 aliphatic rings. The smallest absolute Gasteiger partial charge is 0.237 e. The summed E-state index contributed by atoms with van der Waals surface area (Å²) < 4.78 is 0. The van der Waals surface area contributed by atoms with Gasteiger partial charge in [-0.25, -0.2) is 0 Å². The van der Waals surface area contributed by atoms with Crippen molar-refractivity contribution in [1.82, 2.24) is 10.2 Å². The van der Waals surface area contributed by atoms with Crippen molar-refractivity contribution in [3.05, 3.63) is 0 Å². The maximum absolute atomic E-state index is 12.0. The third kappa shape index (κ3) is 5.49. The lowest BCUT2D eigenvalue weighted by Crippen LogP contribution is -2.44. The van der Waals surface area contributed by atoms with Gasteiger partial charge in [-0.2, -0.15) is 0 Å². The zero-order valence-corrected chi connectivity index (χ0v) is 11.3. The van der Waals surface area contributed by atoms with Gasteiger partial charge in [0.15, 0.2) is 0 Å². The van der Waals surface area contributed by atoms with Crippen molar-refractivity contribution in [3.8, 4) is 0 Å². The number of hydrogen-bond acceptors (Lipinski definition) is 3. The maximum Gasteiger partial charge on any atom is 0.237 e. The van der Waals surface area contributed by atoms with Crippen LogP contribution in [0, 0.1) is 0 Å². The van der Waals surface area contributed by atoms with Crippen LogP contribution in [0.3, 0.4) is 0 Å². The van der Waals surface area contributed by atoms with Gasteiger partial charge < -0.3 is 16.0 Å². The predicted octanol–water partition coefficient (Wildman–Crippen LogP) is 0.633. The molecule has 1 rings (SSSR count). The van der Waals surface area contributed by atoms with E-state index in [4.69, 9.17) is 5.73 Å². The van der Waals surface area contributed by atoms with Crippen LogP contribution in [0.1, 0.15) is 45.4 Å². The van der Waals surface area contributed by atoms with Gasteiger partial charge in [-0.3, -0.25) is 9.59 Å². The molecular formula is C13H25N3O2. The molecule has 0 aromatic heterocycles. The molecule has 5 heteroatoms. The first-order chi connectivity index (χ1) is 8.63. The molecule has 1 fully saturated rings. The number of nitrogens with one attached hydrogen (secondary N) is 1. The molecule has 2 amide bonds. The number of carbonyl (C=O) groups excluding carboxylic acids is 2. The van der Waals surface area contributed by atoms with Gasteiger partial charge >= 0.3 is 0 Å². The van der Waals surface area contributed by atoms with Gasteiger partial charge in [0.25, 0.3) is 0 Å². The molecular weight excluding hydrogens is 230 g/mol. The van der Waals surface area contributed by atoms with Crippen molar-refractivity contribution in [3.63, 3.8) is 0 Å². The Hall–Kier alpha value is -1.10. The Kier molecular flexibility index (Phi) is 6.72. The summed E-state index contributed by atoms with van der Waals surface area (Å²) in [5.41, 5.74) is 5.17. The maximum atomic E-state index is 12.0. The minimum atomic E-state index is -0.444. The number of amides is 2. The van der Waals surface area contributed by atoms with E-state index in [1.807, 2.05) is 0 Å². The average molecular weight is 255 g/mol. The molecule has 3 N–H and O–H groups in total. The molecule has 18 heavy (non-hydrogen) atoms. The molecule has 104 valence electrons. The second-order valence-corrected chi connectivity index (χ2v) is 5.00. The van der Waals surface area contributed by atoms with Crippen LogP contribution < -0.4 is 11.1 Å². The molecule has 0 aromatic carbocycles. The predicted molar refractivity (Wildman–Crippen MR) is 70.9 cm³/mol. The van der Waals surface area contributed by atoms with Crippen LogP contribution in [0.15, 0.2) is 0 Å². The Labute approximate surface area is 109 Å². The van der Waals surface area contributed by atoms with Crippen LogP contribution >= 0.6 is 0 Å². The van der Waals surface area contributed by atoms with Crippen LogP contribution in [0.2, 0.25) is 0 Å². The molecule has 1 aliphatic carbocycles. The molecule has 0 radical (unpaired) electrons. The van der Waals surface area contributed by atoms with Gasteiger partial charge in [-0.05, 0) is 19.3 Å². The Balaban J connectivity index is 2.34. The second-order valence-electron chi connectivity index (χ2n) is 5.00. The first kappa shape index (κ1) is 15.0. The summed E-state index contributed by atoms with van der Waals surface area (Å²) >= 11 is 0. The molecule has 5 nitrogen and oxygen atoms in total. The van der Waals surface area contributed by atoms with Crippen LogP contribution in [0.4, 0.5) is 0 Å². The fraction of sp³-hybridized carbons (Fsp3) is 0.846. The number of nitrogens with two attached hydrogens (primary N) is 1. The third-order valence-electron chi connectivity index (χ3n) is 3.38. The fourth-order valence-electron chi connectivity index (χ4n) is 2.30. The normalized spacial score (nSPS) is 15.8. The van der Waals surface area contributed by atoms with Crippen molar-refractivity contribution in [1.29, 1.82) is 0 Å². The van der Waals surface area contributed by atoms with E-state index in [1.54, 1.807) is 4.90 Å². The number of unbranched alkanes of at least 4 members (excludes halogenated alkanes) is 1. The first-order valence-corrected chi connectivity index (χ1v) is 6.93. The summed E-state index contributed by atoms with van der Waals surface area (Å²) in [6, 6.07) is 0.468. The van der Waals surface area contributed by atoms with E-state index in [0.29, 0.717) is 19.1 Å². The third-order valence-corrected chi connectivity index (χ3v) is 3.38. The Morgan fingerprint density at radius 3 is 2.56 bits per heavy atom. The summed E-state index contributed by atoms with van der Waals surface area (Å²) in [5, 5.41) is 3.27. The topological polar surface area (TPSA) is 75.4 Å². The van der Waals surface area contributed by atoms with Gasteiger partial charge in [-0.15, -0.1) is 0 Å². The largest absolute Gasteiger partial charge is 0.368 e. The lowest BCUT2D eigenvalue weighted by Gasteiger charge is -2.22. The standard InChI is InChI=1S/C13H25N3O2/c1-2-3-8-16(10-12(14)17)13(18)9-15-11-6-4-5-7-11/h11,15H,2-10H2,1H3,(H2,14,17). The van der Waals surface area contributed by atoms with E-state index in [1.165, 1.54) is 12.8 Å². The zero-order chi connectivity index (χ0) is 13.4. The first-order valence-electron chi connectivity index (χ1n) is 6.93. The van der Waals surface area contributed by atoms with E-state index in [2.05, 4.69) is 12.2 Å². The van der Waals surface area contributed by atoms with Gasteiger partial charge in [0.2, 0.25) is 11.8 Å². The number of nitrogens with zero attached hydrogens (tertiary/aromatic N) is 1. The Morgan fingerprint density at radius 2 is 2.00 bits per heavy atom. The van der Waals surface area contributed by atoms with Gasteiger partial charge in [0.1, 0.15) is 0 Å². The molecule has 0 bridgehead atoms. The summed E-state index contributed by atoms with van der Waals surface area (Å²) in [6.45, 7) is 3.03. The summed E-state index contributed by atoms with van der Waals surface area (Å²) in [7, 11) is 0. The zero-order valence-electron chi connectivity index (χ0n) is 11.3. The van der Waals surface area contributed by atoms with Gasteiger partial charge in [0, 0.05) is 12.6 Å². The molecule has 0 aromatic rings. The highest BCUT2D eigenvalue weighted by atomic mass is 16.2. The van der Waals surface area contributed by atoms with Crippen LogP contribution in [0.5, 0.6) is 0 Å². The SMILES string of the molecule is CCCCN(CC(N)=O)C(=O)CNC1CCCC1. The fourth-order valence-corrected chi connectivity index (χ4v) is 2.30. The summed E-state index contributed by atoms with van der Waals surface area (Å²) in [6.07, 6.45) is 6.69. The monoisotopic (exact) mass is 255 g/mol. The van der Waals surface area contributed by atoms with E-state index in [9.17, 15) is 9.59 Å². The molecule has 0 saturated heterocycles. The van der Waals surface area contributed by atoms with E-state index >= 15 is 0 Å². The second kappa shape index (κ2) is 8.08. The van der Waals surface area contributed by atoms with Gasteiger partial charge in [-0.1, -0.05) is 26.2 Å². The number of carbonyl (C=O) groups is 2. The van der Waals surface area contributed by atoms with Crippen molar-refractivity contribution in [2.24, 2.45) is 5.73 Å².